The van der Waals surface area contributed by atoms with E-state index in [0.717, 1.165) is 37.3 Å². The summed E-state index contributed by atoms with van der Waals surface area (Å²) in [5.74, 6) is 0.726. The highest BCUT2D eigenvalue weighted by Crippen LogP contribution is 2.38. The van der Waals surface area contributed by atoms with E-state index in [1.807, 2.05) is 26.0 Å². The van der Waals surface area contributed by atoms with Gasteiger partial charge >= 0.3 is 0 Å². The number of carbonyl (C=O) groups is 1. The highest BCUT2D eigenvalue weighted by Gasteiger charge is 2.33. The van der Waals surface area contributed by atoms with Crippen LogP contribution >= 0.6 is 0 Å². The third-order valence-corrected chi connectivity index (χ3v) is 7.75. The molecule has 0 bridgehead atoms. The predicted molar refractivity (Wildman–Crippen MR) is 119 cm³/mol. The fourth-order valence-electron chi connectivity index (χ4n) is 4.62. The van der Waals surface area contributed by atoms with Gasteiger partial charge in [-0.25, -0.2) is 13.1 Å². The summed E-state index contributed by atoms with van der Waals surface area (Å²) in [6.45, 7) is 6.02. The van der Waals surface area contributed by atoms with Crippen molar-refractivity contribution in [3.8, 4) is 0 Å². The van der Waals surface area contributed by atoms with E-state index in [4.69, 9.17) is 4.42 Å². The lowest BCUT2D eigenvalue weighted by Gasteiger charge is -2.32. The van der Waals surface area contributed by atoms with Gasteiger partial charge in [0.1, 0.15) is 5.76 Å². The van der Waals surface area contributed by atoms with Crippen molar-refractivity contribution in [2.24, 2.45) is 0 Å². The van der Waals surface area contributed by atoms with Crippen molar-refractivity contribution in [3.63, 3.8) is 0 Å². The van der Waals surface area contributed by atoms with Crippen LogP contribution < -0.4 is 10.0 Å². The number of hydrogen-bond donors (Lipinski definition) is 2. The Morgan fingerprint density at radius 2 is 1.90 bits per heavy atom. The Hall–Kier alpha value is -2.16. The van der Waals surface area contributed by atoms with Crippen molar-refractivity contribution < 1.29 is 17.6 Å². The quantitative estimate of drug-likeness (QED) is 0.706. The number of benzene rings is 1. The molecule has 1 aromatic heterocycles. The molecule has 1 aromatic carbocycles. The molecule has 31 heavy (non-hydrogen) atoms. The van der Waals surface area contributed by atoms with Crippen molar-refractivity contribution in [1.29, 1.82) is 0 Å². The third-order valence-electron chi connectivity index (χ3n) is 6.33. The molecule has 1 atom stereocenters. The number of anilines is 1. The number of likely N-dealkylation sites (tertiary alicyclic amines) is 1. The number of furan rings is 1. The Morgan fingerprint density at radius 1 is 1.16 bits per heavy atom. The highest BCUT2D eigenvalue weighted by atomic mass is 32.2. The SMILES string of the molecule is CC1(C)CC(=O)Nc2ccc(S(=O)(=O)NCC(c3ccco3)N3CCCCCC3)cc21. The molecule has 168 valence electrons. The summed E-state index contributed by atoms with van der Waals surface area (Å²) >= 11 is 0. The molecule has 8 heteroatoms. The molecule has 0 spiro atoms. The molecule has 2 aliphatic rings. The Morgan fingerprint density at radius 3 is 2.58 bits per heavy atom. The normalized spacial score (nSPS) is 20.5. The van der Waals surface area contributed by atoms with Crippen molar-refractivity contribution >= 4 is 21.6 Å². The molecule has 1 fully saturated rings. The fourth-order valence-corrected chi connectivity index (χ4v) is 5.68. The molecule has 1 unspecified atom stereocenters. The Balaban J connectivity index is 1.56. The van der Waals surface area contributed by atoms with Crippen LogP contribution in [0.2, 0.25) is 0 Å². The molecule has 1 saturated heterocycles. The largest absolute Gasteiger partial charge is 0.468 e. The van der Waals surface area contributed by atoms with Crippen molar-refractivity contribution in [2.45, 2.75) is 62.3 Å². The van der Waals surface area contributed by atoms with E-state index in [1.165, 1.54) is 12.8 Å². The van der Waals surface area contributed by atoms with E-state index in [2.05, 4.69) is 14.9 Å². The van der Waals surface area contributed by atoms with Crippen molar-refractivity contribution in [2.75, 3.05) is 25.0 Å². The zero-order valence-electron chi connectivity index (χ0n) is 18.2. The third kappa shape index (κ3) is 4.86. The number of nitrogens with one attached hydrogen (secondary N) is 2. The van der Waals surface area contributed by atoms with Crippen LogP contribution in [0.1, 0.15) is 63.3 Å². The Labute approximate surface area is 184 Å². The van der Waals surface area contributed by atoms with Gasteiger partial charge in [-0.05, 0) is 61.8 Å². The monoisotopic (exact) mass is 445 g/mol. The predicted octanol–water partition coefficient (Wildman–Crippen LogP) is 3.80. The zero-order valence-corrected chi connectivity index (χ0v) is 19.0. The summed E-state index contributed by atoms with van der Waals surface area (Å²) in [7, 11) is -3.72. The molecule has 2 aliphatic heterocycles. The summed E-state index contributed by atoms with van der Waals surface area (Å²) in [5.41, 5.74) is 1.09. The van der Waals surface area contributed by atoms with Gasteiger partial charge in [0.15, 0.2) is 0 Å². The van der Waals surface area contributed by atoms with Gasteiger partial charge in [0.2, 0.25) is 15.9 Å². The first-order valence-corrected chi connectivity index (χ1v) is 12.5. The summed E-state index contributed by atoms with van der Waals surface area (Å²) in [6.07, 6.45) is 6.58. The second-order valence-corrected chi connectivity index (χ2v) is 10.9. The highest BCUT2D eigenvalue weighted by molar-refractivity contribution is 7.89. The second kappa shape index (κ2) is 8.76. The van der Waals surface area contributed by atoms with Crippen LogP contribution in [0.15, 0.2) is 45.9 Å². The summed E-state index contributed by atoms with van der Waals surface area (Å²) in [5, 5.41) is 2.84. The number of hydrogen-bond acceptors (Lipinski definition) is 5. The smallest absolute Gasteiger partial charge is 0.240 e. The van der Waals surface area contributed by atoms with Gasteiger partial charge < -0.3 is 9.73 Å². The lowest BCUT2D eigenvalue weighted by molar-refractivity contribution is -0.117. The maximum Gasteiger partial charge on any atom is 0.240 e. The summed E-state index contributed by atoms with van der Waals surface area (Å²) < 4.78 is 34.8. The Kier molecular flexibility index (Phi) is 6.23. The molecule has 1 amide bonds. The maximum absolute atomic E-state index is 13.2. The molecule has 2 N–H and O–H groups in total. The maximum atomic E-state index is 13.2. The van der Waals surface area contributed by atoms with Gasteiger partial charge in [0.25, 0.3) is 0 Å². The molecule has 2 aromatic rings. The van der Waals surface area contributed by atoms with Gasteiger partial charge in [-0.1, -0.05) is 26.7 Å². The molecule has 0 radical (unpaired) electrons. The standard InChI is InChI=1S/C23H31N3O4S/c1-23(2)15-22(27)25-19-10-9-17(14-18(19)23)31(28,29)24-16-20(21-8-7-13-30-21)26-11-5-3-4-6-12-26/h7-10,13-14,20,24H,3-6,11-12,15-16H2,1-2H3,(H,25,27). The van der Waals surface area contributed by atoms with Crippen LogP contribution in [0, 0.1) is 0 Å². The minimum Gasteiger partial charge on any atom is -0.468 e. The van der Waals surface area contributed by atoms with Gasteiger partial charge in [-0.3, -0.25) is 9.69 Å². The topological polar surface area (TPSA) is 91.6 Å². The molecule has 0 aliphatic carbocycles. The van der Waals surface area contributed by atoms with Crippen LogP contribution in [-0.4, -0.2) is 38.9 Å². The molecule has 7 nitrogen and oxygen atoms in total. The average Bonchev–Trinajstić information content (AvgIpc) is 3.10. The number of nitrogens with zero attached hydrogens (tertiary/aromatic N) is 1. The van der Waals surface area contributed by atoms with Crippen LogP contribution in [-0.2, 0) is 20.2 Å². The Bertz CT molecular complexity index is 1020. The van der Waals surface area contributed by atoms with E-state index < -0.39 is 15.4 Å². The summed E-state index contributed by atoms with van der Waals surface area (Å²) in [6, 6.07) is 8.53. The number of amides is 1. The zero-order chi connectivity index (χ0) is 22.1. The number of fused-ring (bicyclic) bond motifs is 1. The average molecular weight is 446 g/mol. The molecular formula is C23H31N3O4S. The van der Waals surface area contributed by atoms with E-state index in [1.54, 1.807) is 24.5 Å². The first-order chi connectivity index (χ1) is 14.8. The minimum atomic E-state index is -3.72. The molecular weight excluding hydrogens is 414 g/mol. The van der Waals surface area contributed by atoms with Gasteiger partial charge in [0, 0.05) is 24.1 Å². The van der Waals surface area contributed by atoms with Crippen molar-refractivity contribution in [3.05, 3.63) is 47.9 Å². The van der Waals surface area contributed by atoms with Crippen LogP contribution in [0.5, 0.6) is 0 Å². The second-order valence-electron chi connectivity index (χ2n) is 9.15. The first kappa shape index (κ1) is 22.0. The first-order valence-electron chi connectivity index (χ1n) is 11.0. The van der Waals surface area contributed by atoms with Gasteiger partial charge in [-0.15, -0.1) is 0 Å². The van der Waals surface area contributed by atoms with Gasteiger partial charge in [-0.2, -0.15) is 0 Å². The van der Waals surface area contributed by atoms with E-state index in [0.29, 0.717) is 12.1 Å². The number of sulfonamides is 1. The van der Waals surface area contributed by atoms with Crippen LogP contribution in [0.4, 0.5) is 5.69 Å². The van der Waals surface area contributed by atoms with Gasteiger partial charge in [0.05, 0.1) is 17.2 Å². The van der Waals surface area contributed by atoms with E-state index >= 15 is 0 Å². The minimum absolute atomic E-state index is 0.0510. The molecule has 4 rings (SSSR count). The molecule has 0 saturated carbocycles. The lowest BCUT2D eigenvalue weighted by atomic mass is 9.78. The van der Waals surface area contributed by atoms with E-state index in [9.17, 15) is 13.2 Å². The lowest BCUT2D eigenvalue weighted by Crippen LogP contribution is -2.38. The van der Waals surface area contributed by atoms with E-state index in [-0.39, 0.29) is 23.4 Å². The fraction of sp³-hybridized carbons (Fsp3) is 0.522. The molecule has 3 heterocycles. The van der Waals surface area contributed by atoms with Crippen LogP contribution in [0.25, 0.3) is 0 Å². The number of rotatable bonds is 6. The van der Waals surface area contributed by atoms with Crippen molar-refractivity contribution in [1.82, 2.24) is 9.62 Å². The summed E-state index contributed by atoms with van der Waals surface area (Å²) in [4.78, 5) is 14.5. The van der Waals surface area contributed by atoms with Crippen LogP contribution in [0.3, 0.4) is 0 Å². The number of carbonyl (C=O) groups excluding carboxylic acids is 1.